The fraction of sp³-hybridized carbons (Fsp3) is 0.562. The summed E-state index contributed by atoms with van der Waals surface area (Å²) in [6.45, 7) is 7.14. The van der Waals surface area contributed by atoms with Gasteiger partial charge in [-0.3, -0.25) is 0 Å². The van der Waals surface area contributed by atoms with Gasteiger partial charge in [-0.25, -0.2) is 13.6 Å². The molecule has 1 aliphatic rings. The molecule has 1 N–H and O–H groups in total. The van der Waals surface area contributed by atoms with Crippen LogP contribution < -0.4 is 5.32 Å². The van der Waals surface area contributed by atoms with E-state index in [0.717, 1.165) is 6.07 Å². The number of nitrogens with zero attached hydrogens (tertiary/aromatic N) is 1. The lowest BCUT2D eigenvalue weighted by molar-refractivity contribution is 0.0121. The molecule has 22 heavy (non-hydrogen) atoms. The highest BCUT2D eigenvalue weighted by atomic mass is 19.1. The van der Waals surface area contributed by atoms with Gasteiger partial charge in [0.2, 0.25) is 0 Å². The van der Waals surface area contributed by atoms with Crippen molar-refractivity contribution in [3.05, 3.63) is 35.4 Å². The van der Waals surface area contributed by atoms with Crippen molar-refractivity contribution in [2.24, 2.45) is 0 Å². The number of halogens is 2. The number of hydrogen-bond acceptors (Lipinski definition) is 3. The zero-order valence-electron chi connectivity index (χ0n) is 13.2. The van der Waals surface area contributed by atoms with E-state index in [0.29, 0.717) is 31.6 Å². The molecule has 0 unspecified atom stereocenters. The third kappa shape index (κ3) is 4.40. The zero-order chi connectivity index (χ0) is 16.3. The molecule has 0 aromatic heterocycles. The number of ether oxygens (including phenoxy) is 1. The molecular weight excluding hydrogens is 290 g/mol. The molecule has 1 atom stereocenters. The molecule has 0 saturated carbocycles. The van der Waals surface area contributed by atoms with Gasteiger partial charge in [0.25, 0.3) is 0 Å². The minimum Gasteiger partial charge on any atom is -0.444 e. The van der Waals surface area contributed by atoms with Crippen molar-refractivity contribution in [1.29, 1.82) is 0 Å². The van der Waals surface area contributed by atoms with Crippen molar-refractivity contribution in [3.8, 4) is 0 Å². The summed E-state index contributed by atoms with van der Waals surface area (Å²) in [6, 6.07) is 3.30. The van der Waals surface area contributed by atoms with E-state index in [1.54, 1.807) is 4.90 Å². The van der Waals surface area contributed by atoms with E-state index < -0.39 is 23.3 Å². The molecule has 1 fully saturated rings. The number of rotatable bonds is 2. The summed E-state index contributed by atoms with van der Waals surface area (Å²) < 4.78 is 32.2. The first kappa shape index (κ1) is 16.7. The van der Waals surface area contributed by atoms with E-state index >= 15 is 0 Å². The van der Waals surface area contributed by atoms with Crippen LogP contribution in [0.2, 0.25) is 0 Å². The number of carbonyl (C=O) groups excluding carboxylic acids is 1. The average Bonchev–Trinajstić information content (AvgIpc) is 2.40. The van der Waals surface area contributed by atoms with Crippen LogP contribution in [0.1, 0.15) is 26.3 Å². The molecule has 122 valence electrons. The van der Waals surface area contributed by atoms with Crippen LogP contribution in [0.15, 0.2) is 18.2 Å². The van der Waals surface area contributed by atoms with Crippen molar-refractivity contribution < 1.29 is 18.3 Å². The Labute approximate surface area is 129 Å². The summed E-state index contributed by atoms with van der Waals surface area (Å²) in [5, 5.41) is 3.19. The Morgan fingerprint density at radius 3 is 2.77 bits per heavy atom. The Hall–Kier alpha value is -1.69. The Morgan fingerprint density at radius 1 is 1.41 bits per heavy atom. The number of piperazine rings is 1. The quantitative estimate of drug-likeness (QED) is 0.913. The summed E-state index contributed by atoms with van der Waals surface area (Å²) in [7, 11) is 0. The van der Waals surface area contributed by atoms with Gasteiger partial charge in [0.1, 0.15) is 17.2 Å². The number of hydrogen-bond donors (Lipinski definition) is 1. The Bertz CT molecular complexity index is 543. The largest absolute Gasteiger partial charge is 0.444 e. The lowest BCUT2D eigenvalue weighted by Gasteiger charge is -2.37. The maximum Gasteiger partial charge on any atom is 0.410 e. The van der Waals surface area contributed by atoms with Gasteiger partial charge in [0, 0.05) is 25.7 Å². The fourth-order valence-corrected chi connectivity index (χ4v) is 2.45. The van der Waals surface area contributed by atoms with Gasteiger partial charge >= 0.3 is 6.09 Å². The molecule has 4 nitrogen and oxygen atoms in total. The van der Waals surface area contributed by atoms with E-state index in [2.05, 4.69) is 5.32 Å². The molecule has 1 heterocycles. The van der Waals surface area contributed by atoms with Gasteiger partial charge in [0.05, 0.1) is 6.04 Å². The molecule has 0 radical (unpaired) electrons. The van der Waals surface area contributed by atoms with Crippen LogP contribution in [0, 0.1) is 11.6 Å². The van der Waals surface area contributed by atoms with Gasteiger partial charge in [0.15, 0.2) is 0 Å². The molecule has 1 aromatic carbocycles. The molecule has 1 saturated heterocycles. The van der Waals surface area contributed by atoms with Crippen molar-refractivity contribution >= 4 is 6.09 Å². The Morgan fingerprint density at radius 2 is 2.14 bits per heavy atom. The molecular formula is C16H22F2N2O2. The van der Waals surface area contributed by atoms with Crippen LogP contribution >= 0.6 is 0 Å². The second-order valence-electron chi connectivity index (χ2n) is 6.47. The van der Waals surface area contributed by atoms with Crippen molar-refractivity contribution in [2.75, 3.05) is 19.6 Å². The number of amides is 1. The summed E-state index contributed by atoms with van der Waals surface area (Å²) in [4.78, 5) is 13.9. The van der Waals surface area contributed by atoms with E-state index in [4.69, 9.17) is 4.74 Å². The van der Waals surface area contributed by atoms with Gasteiger partial charge in [-0.1, -0.05) is 6.07 Å². The Kier molecular flexibility index (Phi) is 5.01. The monoisotopic (exact) mass is 312 g/mol. The summed E-state index contributed by atoms with van der Waals surface area (Å²) >= 11 is 0. The maximum absolute atomic E-state index is 13.8. The van der Waals surface area contributed by atoms with Gasteiger partial charge < -0.3 is 15.0 Å². The number of benzene rings is 1. The van der Waals surface area contributed by atoms with Crippen LogP contribution in [-0.4, -0.2) is 42.3 Å². The molecule has 2 rings (SSSR count). The average molecular weight is 312 g/mol. The summed E-state index contributed by atoms with van der Waals surface area (Å²) in [5.41, 5.74) is -0.183. The predicted molar refractivity (Wildman–Crippen MR) is 79.7 cm³/mol. The minimum absolute atomic E-state index is 0.219. The SMILES string of the molecule is CC(C)(C)OC(=O)N1CCNC[C@H]1Cc1ccc(F)cc1F. The van der Waals surface area contributed by atoms with E-state index in [9.17, 15) is 13.6 Å². The van der Waals surface area contributed by atoms with Crippen molar-refractivity contribution in [2.45, 2.75) is 38.8 Å². The molecule has 1 amide bonds. The standard InChI is InChI=1S/C16H22F2N2O2/c1-16(2,3)22-15(21)20-7-6-19-10-13(20)8-11-4-5-12(17)9-14(11)18/h4-5,9,13,19H,6-8,10H2,1-3H3/t13-/m1/s1. The van der Waals surface area contributed by atoms with Crippen LogP contribution in [0.5, 0.6) is 0 Å². The van der Waals surface area contributed by atoms with Gasteiger partial charge in [-0.15, -0.1) is 0 Å². The predicted octanol–water partition coefficient (Wildman–Crippen LogP) is 2.72. The molecule has 0 aliphatic carbocycles. The lowest BCUT2D eigenvalue weighted by Crippen LogP contribution is -2.55. The minimum atomic E-state index is -0.605. The third-order valence-electron chi connectivity index (χ3n) is 3.45. The maximum atomic E-state index is 13.8. The second kappa shape index (κ2) is 6.60. The fourth-order valence-electron chi connectivity index (χ4n) is 2.45. The van der Waals surface area contributed by atoms with E-state index in [1.165, 1.54) is 12.1 Å². The molecule has 6 heteroatoms. The Balaban J connectivity index is 2.11. The zero-order valence-corrected chi connectivity index (χ0v) is 13.2. The van der Waals surface area contributed by atoms with Crippen LogP contribution in [0.25, 0.3) is 0 Å². The van der Waals surface area contributed by atoms with E-state index in [1.807, 2.05) is 20.8 Å². The topological polar surface area (TPSA) is 41.6 Å². The van der Waals surface area contributed by atoms with Crippen molar-refractivity contribution in [1.82, 2.24) is 10.2 Å². The summed E-state index contributed by atoms with van der Waals surface area (Å²) in [5.74, 6) is -1.19. The smallest absolute Gasteiger partial charge is 0.410 e. The lowest BCUT2D eigenvalue weighted by atomic mass is 10.0. The number of nitrogens with one attached hydrogen (secondary N) is 1. The van der Waals surface area contributed by atoms with Gasteiger partial charge in [-0.05, 0) is 38.8 Å². The third-order valence-corrected chi connectivity index (χ3v) is 3.45. The van der Waals surface area contributed by atoms with E-state index in [-0.39, 0.29) is 6.04 Å². The highest BCUT2D eigenvalue weighted by Gasteiger charge is 2.30. The van der Waals surface area contributed by atoms with Crippen LogP contribution in [0.3, 0.4) is 0 Å². The molecule has 1 aliphatic heterocycles. The highest BCUT2D eigenvalue weighted by molar-refractivity contribution is 5.68. The summed E-state index contributed by atoms with van der Waals surface area (Å²) in [6.07, 6.45) is -0.0836. The highest BCUT2D eigenvalue weighted by Crippen LogP contribution is 2.18. The van der Waals surface area contributed by atoms with Crippen molar-refractivity contribution in [3.63, 3.8) is 0 Å². The molecule has 0 bridgehead atoms. The molecule has 0 spiro atoms. The first-order valence-corrected chi connectivity index (χ1v) is 7.40. The van der Waals surface area contributed by atoms with Crippen LogP contribution in [0.4, 0.5) is 13.6 Å². The first-order valence-electron chi connectivity index (χ1n) is 7.40. The normalized spacial score (nSPS) is 19.1. The van der Waals surface area contributed by atoms with Crippen LogP contribution in [-0.2, 0) is 11.2 Å². The number of carbonyl (C=O) groups is 1. The van der Waals surface area contributed by atoms with Gasteiger partial charge in [-0.2, -0.15) is 0 Å². The second-order valence-corrected chi connectivity index (χ2v) is 6.47. The first-order chi connectivity index (χ1) is 10.3. The molecule has 1 aromatic rings.